The third-order valence-electron chi connectivity index (χ3n) is 5.44. The zero-order valence-corrected chi connectivity index (χ0v) is 21.3. The smallest absolute Gasteiger partial charge is 0.476 e. The molecule has 21 nitrogen and oxygen atoms in total. The maximum absolute atomic E-state index is 15.6. The number of phosphoric ester groups is 1. The summed E-state index contributed by atoms with van der Waals surface area (Å²) in [5.41, 5.74) is 9.42. The van der Waals surface area contributed by atoms with E-state index in [9.17, 15) is 28.6 Å². The topological polar surface area (TPSA) is 317 Å². The van der Waals surface area contributed by atoms with Crippen LogP contribution in [0.5, 0.6) is 5.88 Å². The highest BCUT2D eigenvalue weighted by Crippen LogP contribution is 2.69. The van der Waals surface area contributed by atoms with Gasteiger partial charge in [0.15, 0.2) is 23.6 Å². The van der Waals surface area contributed by atoms with E-state index in [1.807, 2.05) is 0 Å². The Kier molecular flexibility index (Phi) is 7.12. The summed E-state index contributed by atoms with van der Waals surface area (Å²) < 4.78 is 73.7. The molecule has 2 aromatic heterocycles. The van der Waals surface area contributed by atoms with Gasteiger partial charge in [0.2, 0.25) is 11.8 Å². The van der Waals surface area contributed by atoms with E-state index < -0.39 is 59.7 Å². The van der Waals surface area contributed by atoms with Gasteiger partial charge in [-0.3, -0.25) is 9.09 Å². The van der Waals surface area contributed by atoms with Crippen LogP contribution in [0.2, 0.25) is 0 Å². The molecule has 2 aromatic rings. The minimum absolute atomic E-state index is 0.0401. The van der Waals surface area contributed by atoms with Crippen molar-refractivity contribution in [3.8, 4) is 5.88 Å². The van der Waals surface area contributed by atoms with Crippen LogP contribution in [0.25, 0.3) is 21.6 Å². The third-order valence-corrected chi connectivity index (χ3v) is 9.22. The van der Waals surface area contributed by atoms with Crippen LogP contribution in [0.4, 0.5) is 10.3 Å². The van der Waals surface area contributed by atoms with Crippen molar-refractivity contribution in [2.24, 2.45) is 5.11 Å². The van der Waals surface area contributed by atoms with Gasteiger partial charge in [0, 0.05) is 4.91 Å². The summed E-state index contributed by atoms with van der Waals surface area (Å²) in [7, 11) is -17.2. The van der Waals surface area contributed by atoms with Crippen LogP contribution in [-0.4, -0.2) is 80.8 Å². The van der Waals surface area contributed by atoms with Crippen molar-refractivity contribution in [2.75, 3.05) is 18.9 Å². The van der Waals surface area contributed by atoms with Crippen LogP contribution >= 0.6 is 23.5 Å². The molecule has 4 rings (SSSR count). The number of nitrogens with zero attached hydrogens (tertiary/aromatic N) is 7. The molecule has 0 amide bonds. The number of nitrogen functional groups attached to an aromatic ring is 1. The maximum Gasteiger partial charge on any atom is 0.490 e. The lowest BCUT2D eigenvalue weighted by Crippen LogP contribution is -2.33. The molecule has 210 valence electrons. The zero-order chi connectivity index (χ0) is 28.3. The van der Waals surface area contributed by atoms with Gasteiger partial charge in [-0.05, 0) is 12.5 Å². The minimum Gasteiger partial charge on any atom is -0.476 e. The van der Waals surface area contributed by atoms with Crippen molar-refractivity contribution in [2.45, 2.75) is 36.6 Å². The normalized spacial score (nSPS) is 31.7. The maximum atomic E-state index is 15.6. The third kappa shape index (κ3) is 4.91. The van der Waals surface area contributed by atoms with Crippen LogP contribution in [-0.2, 0) is 31.6 Å². The van der Waals surface area contributed by atoms with Gasteiger partial charge in [-0.25, -0.2) is 23.1 Å². The summed E-state index contributed by atoms with van der Waals surface area (Å²) in [6.45, 7) is 0.530. The molecule has 1 saturated heterocycles. The van der Waals surface area contributed by atoms with Gasteiger partial charge in [0.05, 0.1) is 19.5 Å². The van der Waals surface area contributed by atoms with E-state index >= 15 is 4.39 Å². The fraction of sp³-hybridized carbons (Fsp3) is 0.615. The van der Waals surface area contributed by atoms with E-state index in [-0.39, 0.29) is 29.6 Å². The predicted molar refractivity (Wildman–Crippen MR) is 116 cm³/mol. The first-order chi connectivity index (χ1) is 17.5. The van der Waals surface area contributed by atoms with E-state index in [0.29, 0.717) is 0 Å². The molecule has 0 radical (unpaired) electrons. The summed E-state index contributed by atoms with van der Waals surface area (Å²) in [4.78, 5) is 50.6. The highest BCUT2D eigenvalue weighted by Gasteiger charge is 2.88. The SMILES string of the molecule is CCOc1nc(N)nc2c1ncn2[C@@H]1O[C@@]2(COP(=O)(O)OP(=O)(O)OP(=O)(O)O)C(N=[N+]=[N-])[C@]2(O)[C@H]1F. The van der Waals surface area contributed by atoms with Crippen LogP contribution in [0.1, 0.15) is 13.2 Å². The predicted octanol–water partition coefficient (Wildman–Crippen LogP) is 0.180. The number of fused-ring (bicyclic) bond motifs is 2. The monoisotopic (exact) mass is 606 g/mol. The fourth-order valence-electron chi connectivity index (χ4n) is 4.00. The van der Waals surface area contributed by atoms with E-state index in [2.05, 4.69) is 38.1 Å². The lowest BCUT2D eigenvalue weighted by atomic mass is 10.1. The molecular formula is C13H18FN8O13P3. The van der Waals surface area contributed by atoms with Gasteiger partial charge in [-0.15, -0.1) is 0 Å². The summed E-state index contributed by atoms with van der Waals surface area (Å²) >= 11 is 0. The number of hydrogen-bond acceptors (Lipinski definition) is 14. The number of ether oxygens (including phenoxy) is 2. The molecule has 0 aromatic carbocycles. The van der Waals surface area contributed by atoms with Crippen molar-refractivity contribution in [3.63, 3.8) is 0 Å². The second-order valence-corrected chi connectivity index (χ2v) is 12.2. The number of phosphoric acid groups is 3. The first-order valence-electron chi connectivity index (χ1n) is 10.00. The highest BCUT2D eigenvalue weighted by molar-refractivity contribution is 7.66. The average Bonchev–Trinajstić information content (AvgIpc) is 3.01. The molecule has 1 aliphatic carbocycles. The van der Waals surface area contributed by atoms with Crippen LogP contribution in [0, 0.1) is 0 Å². The first kappa shape index (κ1) is 28.7. The summed E-state index contributed by atoms with van der Waals surface area (Å²) in [6.07, 6.45) is -3.12. The second-order valence-electron chi connectivity index (χ2n) is 7.74. The Morgan fingerprint density at radius 2 is 1.95 bits per heavy atom. The zero-order valence-electron chi connectivity index (χ0n) is 18.7. The first-order valence-corrected chi connectivity index (χ1v) is 14.5. The fourth-order valence-corrected chi connectivity index (χ4v) is 7.05. The van der Waals surface area contributed by atoms with Gasteiger partial charge in [0.25, 0.3) is 0 Å². The van der Waals surface area contributed by atoms with Gasteiger partial charge >= 0.3 is 23.5 Å². The van der Waals surface area contributed by atoms with Crippen molar-refractivity contribution in [1.82, 2.24) is 19.5 Å². The largest absolute Gasteiger partial charge is 0.490 e. The Labute approximate surface area is 209 Å². The molecular weight excluding hydrogens is 588 g/mol. The summed E-state index contributed by atoms with van der Waals surface area (Å²) in [5.74, 6) is -0.324. The molecule has 7 N–H and O–H groups in total. The van der Waals surface area contributed by atoms with Crippen molar-refractivity contribution in [1.29, 1.82) is 0 Å². The Morgan fingerprint density at radius 1 is 1.26 bits per heavy atom. The van der Waals surface area contributed by atoms with E-state index in [1.165, 1.54) is 0 Å². The number of aromatic nitrogens is 4. The van der Waals surface area contributed by atoms with E-state index in [4.69, 9.17) is 30.5 Å². The number of alkyl halides is 1. The second kappa shape index (κ2) is 9.42. The number of aliphatic hydroxyl groups is 1. The molecule has 2 aliphatic rings. The van der Waals surface area contributed by atoms with Crippen LogP contribution in [0.3, 0.4) is 0 Å². The molecule has 0 spiro atoms. The molecule has 3 heterocycles. The standard InChI is InChI=1S/C13H18FN8O13P3/c1-2-31-8-5-7(18-11(15)19-8)22(4-17-5)9-6(14)13(23)10(20-21-16)12(13,33-9)3-32-37(27,28)35-38(29,30)34-36(24,25)26/h4,6,9-10,23H,2-3H2,1H3,(H,27,28)(H,29,30)(H2,15,18,19)(H2,24,25,26)/t6-,9+,10?,12-,13+/m0/s1. The van der Waals surface area contributed by atoms with E-state index in [0.717, 1.165) is 10.9 Å². The summed E-state index contributed by atoms with van der Waals surface area (Å²) in [6, 6.07) is -1.73. The molecule has 1 aliphatic heterocycles. The lowest BCUT2D eigenvalue weighted by Gasteiger charge is -2.23. The molecule has 1 saturated carbocycles. The average molecular weight is 606 g/mol. The minimum atomic E-state index is -5.87. The number of anilines is 1. The van der Waals surface area contributed by atoms with Crippen molar-refractivity contribution < 1.29 is 65.4 Å². The molecule has 2 fully saturated rings. The Bertz CT molecular complexity index is 1470. The Hall–Kier alpha value is -2.28. The van der Waals surface area contributed by atoms with Crippen molar-refractivity contribution >= 4 is 40.6 Å². The number of azide groups is 1. The molecule has 7 atom stereocenters. The van der Waals surface area contributed by atoms with Gasteiger partial charge in [0.1, 0.15) is 17.2 Å². The molecule has 3 unspecified atom stereocenters. The summed E-state index contributed by atoms with van der Waals surface area (Å²) in [5, 5.41) is 14.2. The Morgan fingerprint density at radius 3 is 2.55 bits per heavy atom. The number of rotatable bonds is 11. The van der Waals surface area contributed by atoms with Crippen molar-refractivity contribution in [3.05, 3.63) is 16.8 Å². The molecule has 0 bridgehead atoms. The quantitative estimate of drug-likeness (QED) is 0.0859. The van der Waals surface area contributed by atoms with E-state index in [1.54, 1.807) is 6.92 Å². The van der Waals surface area contributed by atoms with Crippen LogP contribution in [0.15, 0.2) is 11.4 Å². The van der Waals surface area contributed by atoms with Gasteiger partial charge in [-0.2, -0.15) is 18.6 Å². The number of halogens is 1. The highest BCUT2D eigenvalue weighted by atomic mass is 31.3. The molecule has 25 heteroatoms. The van der Waals surface area contributed by atoms with Gasteiger partial charge in [-0.1, -0.05) is 5.11 Å². The number of nitrogens with two attached hydrogens (primary N) is 1. The lowest BCUT2D eigenvalue weighted by molar-refractivity contribution is -0.0782. The number of imidazole rings is 1. The van der Waals surface area contributed by atoms with Gasteiger partial charge < -0.3 is 39.9 Å². The Balaban J connectivity index is 1.63. The molecule has 38 heavy (non-hydrogen) atoms. The number of hydrogen-bond donors (Lipinski definition) is 6. The van der Waals surface area contributed by atoms with Crippen LogP contribution < -0.4 is 10.5 Å².